The van der Waals surface area contributed by atoms with Crippen LogP contribution in [0.25, 0.3) is 0 Å². The molecule has 0 aliphatic rings. The number of allylic oxidation sites excluding steroid dienone is 16. The molecule has 0 rings (SSSR count). The van der Waals surface area contributed by atoms with Gasteiger partial charge in [-0.25, -0.2) is 4.79 Å². The Kier molecular flexibility index (Phi) is 43.1. The van der Waals surface area contributed by atoms with Crippen molar-refractivity contribution in [1.82, 2.24) is 0 Å². The molecule has 0 radical (unpaired) electrons. The van der Waals surface area contributed by atoms with Gasteiger partial charge in [-0.3, -0.25) is 9.59 Å². The van der Waals surface area contributed by atoms with Crippen LogP contribution in [0.5, 0.6) is 0 Å². The second kappa shape index (κ2) is 45.8. The van der Waals surface area contributed by atoms with Gasteiger partial charge in [0.05, 0.1) is 34.4 Å². The van der Waals surface area contributed by atoms with Gasteiger partial charge in [-0.05, 0) is 89.9 Å². The van der Waals surface area contributed by atoms with Gasteiger partial charge in [0.25, 0.3) is 0 Å². The number of nitrogens with zero attached hydrogens (tertiary/aromatic N) is 1. The van der Waals surface area contributed by atoms with E-state index >= 15 is 0 Å². The lowest BCUT2D eigenvalue weighted by Gasteiger charge is -2.31. The molecule has 1 N–H and O–H groups in total. The molecule has 64 heavy (non-hydrogen) atoms. The number of hydrogen-bond donors (Lipinski definition) is 1. The molecular weight excluding hydrogens is 799 g/mol. The summed E-state index contributed by atoms with van der Waals surface area (Å²) in [5.41, 5.74) is 0. The minimum absolute atomic E-state index is 0.0457. The van der Waals surface area contributed by atoms with Gasteiger partial charge in [0.2, 0.25) is 0 Å². The van der Waals surface area contributed by atoms with Crippen LogP contribution in [0.15, 0.2) is 97.2 Å². The third-order valence-electron chi connectivity index (χ3n) is 10.7. The summed E-state index contributed by atoms with van der Waals surface area (Å²) >= 11 is 0. The number of carboxylic acids is 1. The van der Waals surface area contributed by atoms with Crippen LogP contribution in [0.3, 0.4) is 0 Å². The molecule has 0 aromatic rings. The van der Waals surface area contributed by atoms with Crippen LogP contribution in [-0.2, 0) is 28.6 Å². The van der Waals surface area contributed by atoms with Crippen molar-refractivity contribution in [3.63, 3.8) is 0 Å². The molecule has 0 aromatic heterocycles. The maximum Gasteiger partial charge on any atom is 0.362 e. The largest absolute Gasteiger partial charge is 0.477 e. The first-order valence-corrected chi connectivity index (χ1v) is 25.3. The van der Waals surface area contributed by atoms with Crippen LogP contribution in [0, 0.1) is 0 Å². The lowest BCUT2D eigenvalue weighted by Crippen LogP contribution is -2.50. The highest BCUT2D eigenvalue weighted by molar-refractivity contribution is 5.72. The molecule has 0 bridgehead atoms. The second-order valence-corrected chi connectivity index (χ2v) is 17.7. The number of hydrogen-bond acceptors (Lipinski definition) is 6. The molecule has 0 heterocycles. The molecule has 2 atom stereocenters. The molecule has 8 heteroatoms. The predicted octanol–water partition coefficient (Wildman–Crippen LogP) is 14.6. The van der Waals surface area contributed by atoms with E-state index in [1.807, 2.05) is 21.1 Å². The number of rotatable bonds is 44. The average Bonchev–Trinajstić information content (AvgIpc) is 3.26. The highest BCUT2D eigenvalue weighted by Gasteiger charge is 2.31. The number of carboxylic acid groups (broad SMARTS) is 1. The lowest BCUT2D eigenvalue weighted by molar-refractivity contribution is -0.887. The van der Waals surface area contributed by atoms with Crippen molar-refractivity contribution < 1.29 is 38.2 Å². The molecule has 364 valence electrons. The molecule has 0 saturated carbocycles. The first-order chi connectivity index (χ1) is 31.1. The number of carbonyl (C=O) groups is 3. The second-order valence-electron chi connectivity index (χ2n) is 17.7. The topological polar surface area (TPSA) is 99.1 Å². The number of aliphatic carboxylic acids is 1. The summed E-state index contributed by atoms with van der Waals surface area (Å²) in [6.07, 6.45) is 61.7. The van der Waals surface area contributed by atoms with Gasteiger partial charge in [0, 0.05) is 19.3 Å². The molecular formula is C56H94NO7+. The van der Waals surface area contributed by atoms with E-state index in [9.17, 15) is 19.5 Å². The van der Waals surface area contributed by atoms with Crippen molar-refractivity contribution in [3.8, 4) is 0 Å². The maximum absolute atomic E-state index is 12.8. The normalized spacial score (nSPS) is 13.7. The summed E-state index contributed by atoms with van der Waals surface area (Å²) < 4.78 is 17.3. The van der Waals surface area contributed by atoms with E-state index in [2.05, 4.69) is 111 Å². The zero-order valence-electron chi connectivity index (χ0n) is 41.4. The van der Waals surface area contributed by atoms with Crippen LogP contribution in [0.4, 0.5) is 0 Å². The van der Waals surface area contributed by atoms with Gasteiger partial charge in [0.1, 0.15) is 6.61 Å². The van der Waals surface area contributed by atoms with E-state index in [4.69, 9.17) is 14.2 Å². The minimum Gasteiger partial charge on any atom is -0.477 e. The van der Waals surface area contributed by atoms with Gasteiger partial charge in [-0.1, -0.05) is 175 Å². The number of quaternary nitrogens is 1. The average molecular weight is 893 g/mol. The molecule has 8 nitrogen and oxygen atoms in total. The third-order valence-corrected chi connectivity index (χ3v) is 10.7. The SMILES string of the molecule is CC/C=C/C/C=C/C/C=C/C/C=C/C/C=C/CCCCCCC(=O)OCC(COCCC(C(=O)O)[N+](C)(C)C)OC(=O)CCCCCCCCCCCC/C=C/C/C=C/C/C=C/CC. The summed E-state index contributed by atoms with van der Waals surface area (Å²) in [5.74, 6) is -1.51. The predicted molar refractivity (Wildman–Crippen MR) is 270 cm³/mol. The number of esters is 2. The van der Waals surface area contributed by atoms with Crippen molar-refractivity contribution >= 4 is 17.9 Å². The van der Waals surface area contributed by atoms with Gasteiger partial charge in [-0.15, -0.1) is 0 Å². The van der Waals surface area contributed by atoms with E-state index in [1.54, 1.807) is 0 Å². The minimum atomic E-state index is -0.883. The zero-order chi connectivity index (χ0) is 47.0. The van der Waals surface area contributed by atoms with E-state index in [0.717, 1.165) is 103 Å². The molecule has 0 spiro atoms. The third kappa shape index (κ3) is 43.5. The summed E-state index contributed by atoms with van der Waals surface area (Å²) in [6.45, 7) is 4.48. The Morgan fingerprint density at radius 3 is 1.22 bits per heavy atom. The molecule has 0 aliphatic heterocycles. The van der Waals surface area contributed by atoms with Crippen LogP contribution in [0.2, 0.25) is 0 Å². The van der Waals surface area contributed by atoms with Gasteiger partial charge < -0.3 is 23.8 Å². The summed E-state index contributed by atoms with van der Waals surface area (Å²) in [5, 5.41) is 9.65. The molecule has 0 aromatic carbocycles. The quantitative estimate of drug-likeness (QED) is 0.0281. The Morgan fingerprint density at radius 2 is 0.828 bits per heavy atom. The Balaban J connectivity index is 4.33. The van der Waals surface area contributed by atoms with Crippen molar-refractivity contribution in [2.24, 2.45) is 0 Å². The standard InChI is InChI=1S/C56H93NO7/c1-6-8-10-12-14-16-18-20-22-24-26-28-30-32-34-36-38-40-42-44-46-54(58)63-51-52(50-62-49-48-53(56(60)61)57(3,4)5)64-55(59)47-45-43-41-39-37-35-33-31-29-27-25-23-21-19-17-15-13-11-9-7-2/h8-11,14-17,20-23,26,28,32,34,52-53H,6-7,12-13,18-19,24-25,27,29-31,33,35-51H2,1-5H3/p+1/b10-8+,11-9+,16-14+,17-15+,22-20+,23-21+,28-26+,34-32+. The molecule has 2 unspecified atom stereocenters. The maximum atomic E-state index is 12.8. The Hall–Kier alpha value is -3.75. The summed E-state index contributed by atoms with van der Waals surface area (Å²) in [7, 11) is 5.52. The molecule has 0 amide bonds. The highest BCUT2D eigenvalue weighted by atomic mass is 16.6. The van der Waals surface area contributed by atoms with Crippen LogP contribution >= 0.6 is 0 Å². The van der Waals surface area contributed by atoms with Gasteiger partial charge in [-0.2, -0.15) is 0 Å². The Morgan fingerprint density at radius 1 is 0.469 bits per heavy atom. The molecule has 0 saturated heterocycles. The van der Waals surface area contributed by atoms with Crippen LogP contribution in [-0.4, -0.2) is 80.6 Å². The van der Waals surface area contributed by atoms with Crippen molar-refractivity contribution in [3.05, 3.63) is 97.2 Å². The van der Waals surface area contributed by atoms with E-state index in [-0.39, 0.29) is 36.2 Å². The Bertz CT molecular complexity index is 1360. The van der Waals surface area contributed by atoms with Gasteiger partial charge in [0.15, 0.2) is 12.1 Å². The monoisotopic (exact) mass is 893 g/mol. The number of carbonyl (C=O) groups excluding carboxylic acids is 2. The van der Waals surface area contributed by atoms with Gasteiger partial charge >= 0.3 is 17.9 Å². The van der Waals surface area contributed by atoms with Crippen LogP contribution in [0.1, 0.15) is 187 Å². The lowest BCUT2D eigenvalue weighted by atomic mass is 10.0. The van der Waals surface area contributed by atoms with E-state index in [1.165, 1.54) is 51.4 Å². The fraction of sp³-hybridized carbons (Fsp3) is 0.661. The van der Waals surface area contributed by atoms with Crippen molar-refractivity contribution in [1.29, 1.82) is 0 Å². The zero-order valence-corrected chi connectivity index (χ0v) is 41.4. The number of ether oxygens (including phenoxy) is 3. The number of unbranched alkanes of at least 4 members (excludes halogenated alkanes) is 14. The smallest absolute Gasteiger partial charge is 0.362 e. The molecule has 0 aliphatic carbocycles. The first-order valence-electron chi connectivity index (χ1n) is 25.3. The molecule has 0 fully saturated rings. The van der Waals surface area contributed by atoms with Crippen molar-refractivity contribution in [2.45, 2.75) is 199 Å². The highest BCUT2D eigenvalue weighted by Crippen LogP contribution is 2.14. The van der Waals surface area contributed by atoms with E-state index < -0.39 is 18.1 Å². The first kappa shape index (κ1) is 60.2. The number of likely N-dealkylation sites (N-methyl/N-ethyl adjacent to an activating group) is 1. The summed E-state index contributed by atoms with van der Waals surface area (Å²) in [6, 6.07) is -0.625. The van der Waals surface area contributed by atoms with E-state index in [0.29, 0.717) is 19.3 Å². The Labute approximate surface area is 392 Å². The fourth-order valence-electron chi connectivity index (χ4n) is 6.90. The fourth-order valence-corrected chi connectivity index (χ4v) is 6.90. The van der Waals surface area contributed by atoms with Crippen molar-refractivity contribution in [2.75, 3.05) is 41.0 Å². The summed E-state index contributed by atoms with van der Waals surface area (Å²) in [4.78, 5) is 37.2. The van der Waals surface area contributed by atoms with Crippen LogP contribution < -0.4 is 0 Å².